The van der Waals surface area contributed by atoms with E-state index >= 15 is 0 Å². The molecule has 0 fully saturated rings. The monoisotopic (exact) mass is 251 g/mol. The van der Waals surface area contributed by atoms with Gasteiger partial charge in [-0.3, -0.25) is 0 Å². The van der Waals surface area contributed by atoms with Crippen molar-refractivity contribution in [2.45, 2.75) is 13.3 Å². The summed E-state index contributed by atoms with van der Waals surface area (Å²) >= 11 is 0. The Hall–Kier alpha value is -1.99. The van der Waals surface area contributed by atoms with Gasteiger partial charge in [0.05, 0.1) is 12.8 Å². The van der Waals surface area contributed by atoms with Crippen LogP contribution in [0.1, 0.15) is 16.2 Å². The highest BCUT2D eigenvalue weighted by Gasteiger charge is 2.33. The molecular weight excluding hydrogens is 243 g/mol. The van der Waals surface area contributed by atoms with Crippen LogP contribution < -0.4 is 9.47 Å². The first-order valence-electron chi connectivity index (χ1n) is 4.29. The van der Waals surface area contributed by atoms with Crippen LogP contribution in [-0.4, -0.2) is 29.5 Å². The third kappa shape index (κ3) is 3.23. The number of nitrogens with zero attached hydrogens (tertiary/aromatic N) is 1. The van der Waals surface area contributed by atoms with Crippen molar-refractivity contribution in [3.63, 3.8) is 0 Å². The normalized spacial score (nSPS) is 11.1. The Bertz CT molecular complexity index is 445. The van der Waals surface area contributed by atoms with E-state index in [9.17, 15) is 18.0 Å². The van der Waals surface area contributed by atoms with Crippen molar-refractivity contribution in [2.24, 2.45) is 0 Å². The summed E-state index contributed by atoms with van der Waals surface area (Å²) in [7, 11) is 1.13. The van der Waals surface area contributed by atoms with E-state index in [0.29, 0.717) is 6.07 Å². The molecule has 94 valence electrons. The summed E-state index contributed by atoms with van der Waals surface area (Å²) in [4.78, 5) is 14.2. The number of carbonyl (C=O) groups is 1. The number of carboxylic acids is 1. The molecule has 8 heteroatoms. The minimum absolute atomic E-state index is 0.00773. The zero-order valence-corrected chi connectivity index (χ0v) is 8.83. The molecule has 0 aliphatic heterocycles. The SMILES string of the molecule is COc1c(OC(F)(F)F)cc(C(=O)O)nc1C. The third-order valence-electron chi connectivity index (χ3n) is 1.76. The summed E-state index contributed by atoms with van der Waals surface area (Å²) in [6.07, 6.45) is -4.93. The van der Waals surface area contributed by atoms with E-state index in [0.717, 1.165) is 7.11 Å². The summed E-state index contributed by atoms with van der Waals surface area (Å²) < 4.78 is 44.6. The van der Waals surface area contributed by atoms with E-state index in [2.05, 4.69) is 14.5 Å². The second kappa shape index (κ2) is 4.48. The van der Waals surface area contributed by atoms with Crippen molar-refractivity contribution in [3.8, 4) is 11.5 Å². The van der Waals surface area contributed by atoms with Gasteiger partial charge in [-0.15, -0.1) is 13.2 Å². The minimum Gasteiger partial charge on any atom is -0.491 e. The maximum Gasteiger partial charge on any atom is 0.573 e. The molecule has 0 bridgehead atoms. The summed E-state index contributed by atoms with van der Waals surface area (Å²) in [6, 6.07) is 0.654. The molecule has 5 nitrogen and oxygen atoms in total. The maximum absolute atomic E-state index is 12.1. The summed E-state index contributed by atoms with van der Waals surface area (Å²) in [6.45, 7) is 1.31. The Morgan fingerprint density at radius 1 is 1.47 bits per heavy atom. The fourth-order valence-corrected chi connectivity index (χ4v) is 1.19. The molecule has 1 N–H and O–H groups in total. The number of methoxy groups -OCH3 is 1. The van der Waals surface area contributed by atoms with Crippen LogP contribution in [0.2, 0.25) is 0 Å². The number of hydrogen-bond acceptors (Lipinski definition) is 4. The zero-order chi connectivity index (χ0) is 13.2. The number of halogens is 3. The van der Waals surface area contributed by atoms with E-state index in [1.165, 1.54) is 6.92 Å². The Morgan fingerprint density at radius 2 is 2.06 bits per heavy atom. The van der Waals surface area contributed by atoms with Crippen molar-refractivity contribution in [1.82, 2.24) is 4.98 Å². The summed E-state index contributed by atoms with van der Waals surface area (Å²) in [5.41, 5.74) is -0.561. The van der Waals surface area contributed by atoms with Crippen LogP contribution in [0.5, 0.6) is 11.5 Å². The number of alkyl halides is 3. The molecule has 0 aromatic carbocycles. The van der Waals surface area contributed by atoms with Gasteiger partial charge in [-0.2, -0.15) is 0 Å². The van der Waals surface area contributed by atoms with E-state index < -0.39 is 23.8 Å². The summed E-state index contributed by atoms with van der Waals surface area (Å²) in [5, 5.41) is 8.66. The molecule has 0 radical (unpaired) electrons. The van der Waals surface area contributed by atoms with Gasteiger partial charge >= 0.3 is 12.3 Å². The van der Waals surface area contributed by atoms with Crippen molar-refractivity contribution in [1.29, 1.82) is 0 Å². The van der Waals surface area contributed by atoms with E-state index in [4.69, 9.17) is 5.11 Å². The van der Waals surface area contributed by atoms with Gasteiger partial charge in [0.15, 0.2) is 17.2 Å². The number of hydrogen-bond donors (Lipinski definition) is 1. The first-order valence-corrected chi connectivity index (χ1v) is 4.29. The first kappa shape index (κ1) is 13.1. The third-order valence-corrected chi connectivity index (χ3v) is 1.76. The number of aromatic nitrogens is 1. The second-order valence-electron chi connectivity index (χ2n) is 2.98. The predicted molar refractivity (Wildman–Crippen MR) is 49.2 cm³/mol. The van der Waals surface area contributed by atoms with Gasteiger partial charge in [0.2, 0.25) is 0 Å². The van der Waals surface area contributed by atoms with Crippen molar-refractivity contribution >= 4 is 5.97 Å². The maximum atomic E-state index is 12.1. The Balaban J connectivity index is 3.29. The largest absolute Gasteiger partial charge is 0.573 e. The number of pyridine rings is 1. The van der Waals surface area contributed by atoms with Crippen LogP contribution in [0.4, 0.5) is 13.2 Å². The lowest BCUT2D eigenvalue weighted by atomic mass is 10.2. The molecule has 1 aromatic rings. The van der Waals surface area contributed by atoms with Gasteiger partial charge in [0.1, 0.15) is 0 Å². The van der Waals surface area contributed by atoms with Gasteiger partial charge in [-0.05, 0) is 6.92 Å². The molecule has 0 atom stereocenters. The standard InChI is InChI=1S/C9H8F3NO4/c1-4-7(16-2)6(17-9(10,11)12)3-5(13-4)8(14)15/h3H,1-2H3,(H,14,15). The minimum atomic E-state index is -4.93. The molecule has 0 saturated heterocycles. The van der Waals surface area contributed by atoms with Crippen LogP contribution in [0.15, 0.2) is 6.07 Å². The highest BCUT2D eigenvalue weighted by atomic mass is 19.4. The topological polar surface area (TPSA) is 68.7 Å². The molecule has 0 unspecified atom stereocenters. The van der Waals surface area contributed by atoms with Crippen LogP contribution in [0.25, 0.3) is 0 Å². The van der Waals surface area contributed by atoms with Crippen molar-refractivity contribution in [3.05, 3.63) is 17.5 Å². The van der Waals surface area contributed by atoms with Gasteiger partial charge in [0, 0.05) is 6.07 Å². The number of ether oxygens (including phenoxy) is 2. The predicted octanol–water partition coefficient (Wildman–Crippen LogP) is 2.00. The lowest BCUT2D eigenvalue weighted by Gasteiger charge is -2.14. The van der Waals surface area contributed by atoms with Crippen LogP contribution >= 0.6 is 0 Å². The molecule has 0 spiro atoms. The molecule has 0 amide bonds. The van der Waals surface area contributed by atoms with Crippen LogP contribution in [0.3, 0.4) is 0 Å². The fraction of sp³-hybridized carbons (Fsp3) is 0.333. The molecule has 0 saturated carbocycles. The van der Waals surface area contributed by atoms with Gasteiger partial charge in [0.25, 0.3) is 0 Å². The Kier molecular flexibility index (Phi) is 3.45. The number of carboxylic acid groups (broad SMARTS) is 1. The second-order valence-corrected chi connectivity index (χ2v) is 2.98. The van der Waals surface area contributed by atoms with E-state index in [1.807, 2.05) is 0 Å². The smallest absolute Gasteiger partial charge is 0.491 e. The van der Waals surface area contributed by atoms with Gasteiger partial charge in [-0.1, -0.05) is 0 Å². The lowest BCUT2D eigenvalue weighted by molar-refractivity contribution is -0.275. The van der Waals surface area contributed by atoms with E-state index in [-0.39, 0.29) is 11.4 Å². The molecular formula is C9H8F3NO4. The zero-order valence-electron chi connectivity index (χ0n) is 8.83. The Morgan fingerprint density at radius 3 is 2.47 bits per heavy atom. The van der Waals surface area contributed by atoms with Gasteiger partial charge in [-0.25, -0.2) is 9.78 Å². The highest BCUT2D eigenvalue weighted by Crippen LogP contribution is 2.34. The quantitative estimate of drug-likeness (QED) is 0.889. The molecule has 1 heterocycles. The lowest BCUT2D eigenvalue weighted by Crippen LogP contribution is -2.18. The first-order chi connectivity index (χ1) is 7.74. The molecule has 0 aliphatic rings. The van der Waals surface area contributed by atoms with Crippen molar-refractivity contribution < 1.29 is 32.5 Å². The number of rotatable bonds is 3. The van der Waals surface area contributed by atoms with E-state index in [1.54, 1.807) is 0 Å². The Labute approximate surface area is 93.8 Å². The number of aryl methyl sites for hydroxylation is 1. The number of aromatic carboxylic acids is 1. The van der Waals surface area contributed by atoms with Gasteiger partial charge < -0.3 is 14.6 Å². The molecule has 1 rings (SSSR count). The molecule has 17 heavy (non-hydrogen) atoms. The van der Waals surface area contributed by atoms with Crippen LogP contribution in [-0.2, 0) is 0 Å². The van der Waals surface area contributed by atoms with Crippen LogP contribution in [0, 0.1) is 6.92 Å². The average molecular weight is 251 g/mol. The molecule has 0 aliphatic carbocycles. The highest BCUT2D eigenvalue weighted by molar-refractivity contribution is 5.86. The molecule has 1 aromatic heterocycles. The summed E-state index contributed by atoms with van der Waals surface area (Å²) in [5.74, 6) is -2.44. The van der Waals surface area contributed by atoms with Crippen molar-refractivity contribution in [2.75, 3.05) is 7.11 Å². The fourth-order valence-electron chi connectivity index (χ4n) is 1.19. The average Bonchev–Trinajstić information content (AvgIpc) is 2.14.